The Bertz CT molecular complexity index is 802. The average Bonchev–Trinajstić information content (AvgIpc) is 3.16. The molecule has 2 heterocycles. The Balaban J connectivity index is 1.68. The van der Waals surface area contributed by atoms with Crippen molar-refractivity contribution < 1.29 is 14.3 Å². The van der Waals surface area contributed by atoms with E-state index in [4.69, 9.17) is 16.2 Å². The minimum absolute atomic E-state index is 0.255. The molecule has 1 unspecified atom stereocenters. The van der Waals surface area contributed by atoms with Crippen molar-refractivity contribution in [2.45, 2.75) is 25.4 Å². The molecule has 3 amide bonds. The van der Waals surface area contributed by atoms with Crippen LogP contribution in [0.5, 0.6) is 5.75 Å². The van der Waals surface area contributed by atoms with Crippen LogP contribution in [0.3, 0.4) is 0 Å². The largest absolute Gasteiger partial charge is 0.490 e. The van der Waals surface area contributed by atoms with Gasteiger partial charge in [0.2, 0.25) is 0 Å². The Kier molecular flexibility index (Phi) is 6.31. The normalized spacial score (nSPS) is 15.9. The number of benzene rings is 1. The Hall–Kier alpha value is -2.58. The van der Waals surface area contributed by atoms with Crippen LogP contribution in [-0.4, -0.2) is 42.7 Å². The summed E-state index contributed by atoms with van der Waals surface area (Å²) in [5.74, 6) is 0.260. The number of carbonyl (C=O) groups is 2. The van der Waals surface area contributed by atoms with Gasteiger partial charge < -0.3 is 21.5 Å². The fourth-order valence-electron chi connectivity index (χ4n) is 3.17. The molecule has 1 aromatic heterocycles. The maximum Gasteiger partial charge on any atom is 0.313 e. The number of rotatable bonds is 7. The number of amides is 3. The summed E-state index contributed by atoms with van der Waals surface area (Å²) in [5, 5.41) is 2.77. The zero-order valence-electron chi connectivity index (χ0n) is 15.0. The number of nitrogens with two attached hydrogens (primary N) is 2. The van der Waals surface area contributed by atoms with E-state index in [1.54, 1.807) is 6.07 Å². The molecule has 144 valence electrons. The molecule has 1 aliphatic heterocycles. The number of hydrogen-bond donors (Lipinski definition) is 3. The van der Waals surface area contributed by atoms with Gasteiger partial charge in [0.15, 0.2) is 0 Å². The molecule has 2 aromatic rings. The van der Waals surface area contributed by atoms with Crippen LogP contribution in [0.4, 0.5) is 4.79 Å². The van der Waals surface area contributed by atoms with Gasteiger partial charge in [-0.05, 0) is 42.7 Å². The fraction of sp³-hybridized carbons (Fsp3) is 0.368. The van der Waals surface area contributed by atoms with Gasteiger partial charge in [0, 0.05) is 18.0 Å². The highest BCUT2D eigenvalue weighted by molar-refractivity contribution is 7.17. The van der Waals surface area contributed by atoms with Gasteiger partial charge in [0.1, 0.15) is 18.5 Å². The summed E-state index contributed by atoms with van der Waals surface area (Å²) in [6, 6.07) is 10.7. The van der Waals surface area contributed by atoms with E-state index in [0.717, 1.165) is 36.4 Å². The highest BCUT2D eigenvalue weighted by Crippen LogP contribution is 2.30. The van der Waals surface area contributed by atoms with E-state index < -0.39 is 11.9 Å². The highest BCUT2D eigenvalue weighted by Gasteiger charge is 2.22. The molecular formula is C19H24N4O3S. The molecule has 5 N–H and O–H groups in total. The number of nitrogens with one attached hydrogen (secondary N) is 1. The molecule has 7 nitrogen and oxygen atoms in total. The predicted octanol–water partition coefficient (Wildman–Crippen LogP) is 2.37. The molecule has 0 aliphatic carbocycles. The maximum absolute atomic E-state index is 11.4. The first-order valence-corrected chi connectivity index (χ1v) is 9.77. The van der Waals surface area contributed by atoms with Crippen LogP contribution in [-0.2, 0) is 0 Å². The number of piperidine rings is 1. The van der Waals surface area contributed by atoms with E-state index in [1.807, 2.05) is 30.3 Å². The van der Waals surface area contributed by atoms with Crippen molar-refractivity contribution in [3.63, 3.8) is 0 Å². The number of thiophene rings is 1. The molecule has 1 saturated heterocycles. The van der Waals surface area contributed by atoms with Gasteiger partial charge in [0.25, 0.3) is 5.91 Å². The number of likely N-dealkylation sites (tertiary alicyclic amines) is 1. The maximum atomic E-state index is 11.4. The third-order valence-electron chi connectivity index (χ3n) is 4.52. The number of urea groups is 1. The van der Waals surface area contributed by atoms with Crippen LogP contribution in [0, 0.1) is 0 Å². The molecule has 27 heavy (non-hydrogen) atoms. The van der Waals surface area contributed by atoms with Crippen LogP contribution in [0.25, 0.3) is 10.4 Å². The quantitative estimate of drug-likeness (QED) is 0.676. The second-order valence-corrected chi connectivity index (χ2v) is 7.57. The molecule has 0 spiro atoms. The standard InChI is InChI=1S/C19H24N4O3S/c20-18(24)16-8-7-15(27-16)13-5-4-6-14(11-13)26-12-17(22-19(21)25)23-9-2-1-3-10-23/h4-8,11,17H,1-3,9-10,12H2,(H2,20,24)(H3,21,22,25). The third-order valence-corrected chi connectivity index (χ3v) is 5.66. The van der Waals surface area contributed by atoms with Crippen molar-refractivity contribution in [2.24, 2.45) is 11.5 Å². The summed E-state index contributed by atoms with van der Waals surface area (Å²) in [6.07, 6.45) is 3.16. The lowest BCUT2D eigenvalue weighted by Gasteiger charge is -2.34. The van der Waals surface area contributed by atoms with E-state index in [-0.39, 0.29) is 6.17 Å². The first-order chi connectivity index (χ1) is 13.0. The van der Waals surface area contributed by atoms with Gasteiger partial charge in [-0.3, -0.25) is 9.69 Å². The van der Waals surface area contributed by atoms with Crippen molar-refractivity contribution in [2.75, 3.05) is 19.7 Å². The monoisotopic (exact) mass is 388 g/mol. The first kappa shape index (κ1) is 19.2. The van der Waals surface area contributed by atoms with Gasteiger partial charge in [0.05, 0.1) is 4.88 Å². The minimum Gasteiger partial charge on any atom is -0.490 e. The minimum atomic E-state index is -0.555. The molecular weight excluding hydrogens is 364 g/mol. The summed E-state index contributed by atoms with van der Waals surface area (Å²) in [4.78, 5) is 26.3. The van der Waals surface area contributed by atoms with Crippen molar-refractivity contribution in [1.29, 1.82) is 0 Å². The fourth-order valence-corrected chi connectivity index (χ4v) is 4.03. The number of ether oxygens (including phenoxy) is 1. The first-order valence-electron chi connectivity index (χ1n) is 8.96. The lowest BCUT2D eigenvalue weighted by atomic mass is 10.1. The molecule has 1 aromatic carbocycles. The van der Waals surface area contributed by atoms with E-state index in [0.29, 0.717) is 17.2 Å². The number of carbonyl (C=O) groups excluding carboxylic acids is 2. The molecule has 1 aliphatic rings. The van der Waals surface area contributed by atoms with Crippen LogP contribution in [0.15, 0.2) is 36.4 Å². The van der Waals surface area contributed by atoms with E-state index in [2.05, 4.69) is 10.2 Å². The zero-order chi connectivity index (χ0) is 19.2. The van der Waals surface area contributed by atoms with Gasteiger partial charge >= 0.3 is 6.03 Å². The average molecular weight is 388 g/mol. The summed E-state index contributed by atoms with van der Waals surface area (Å²) in [5.41, 5.74) is 11.6. The third kappa shape index (κ3) is 5.21. The summed E-state index contributed by atoms with van der Waals surface area (Å²) < 4.78 is 5.94. The molecule has 0 radical (unpaired) electrons. The zero-order valence-corrected chi connectivity index (χ0v) is 15.8. The highest BCUT2D eigenvalue weighted by atomic mass is 32.1. The van der Waals surface area contributed by atoms with E-state index >= 15 is 0 Å². The molecule has 8 heteroatoms. The van der Waals surface area contributed by atoms with Gasteiger partial charge in [-0.25, -0.2) is 4.79 Å². The molecule has 1 fully saturated rings. The lowest BCUT2D eigenvalue weighted by Crippen LogP contribution is -2.54. The van der Waals surface area contributed by atoms with E-state index in [9.17, 15) is 9.59 Å². The number of nitrogens with zero attached hydrogens (tertiary/aromatic N) is 1. The Morgan fingerprint density at radius 2 is 1.93 bits per heavy atom. The van der Waals surface area contributed by atoms with Crippen LogP contribution in [0.2, 0.25) is 0 Å². The lowest BCUT2D eigenvalue weighted by molar-refractivity contribution is 0.0973. The van der Waals surface area contributed by atoms with E-state index in [1.165, 1.54) is 17.8 Å². The van der Waals surface area contributed by atoms with Crippen LogP contribution in [0.1, 0.15) is 28.9 Å². The van der Waals surface area contributed by atoms with Crippen molar-refractivity contribution >= 4 is 23.3 Å². The topological polar surface area (TPSA) is 111 Å². The molecule has 1 atom stereocenters. The van der Waals surface area contributed by atoms with Gasteiger partial charge in [-0.15, -0.1) is 11.3 Å². The van der Waals surface area contributed by atoms with Crippen molar-refractivity contribution in [3.8, 4) is 16.2 Å². The van der Waals surface area contributed by atoms with Crippen molar-refractivity contribution in [1.82, 2.24) is 10.2 Å². The van der Waals surface area contributed by atoms with Crippen LogP contribution < -0.4 is 21.5 Å². The van der Waals surface area contributed by atoms with Crippen molar-refractivity contribution in [3.05, 3.63) is 41.3 Å². The summed E-state index contributed by atoms with van der Waals surface area (Å²) >= 11 is 1.35. The molecule has 0 bridgehead atoms. The summed E-state index contributed by atoms with van der Waals surface area (Å²) in [6.45, 7) is 2.14. The Morgan fingerprint density at radius 1 is 1.15 bits per heavy atom. The summed E-state index contributed by atoms with van der Waals surface area (Å²) in [7, 11) is 0. The Morgan fingerprint density at radius 3 is 2.59 bits per heavy atom. The Labute approximate surface area is 162 Å². The smallest absolute Gasteiger partial charge is 0.313 e. The molecule has 3 rings (SSSR count). The van der Waals surface area contributed by atoms with Crippen LogP contribution >= 0.6 is 11.3 Å². The van der Waals surface area contributed by atoms with Gasteiger partial charge in [-0.1, -0.05) is 18.6 Å². The SMILES string of the molecule is NC(=O)NC(COc1cccc(-c2ccc(C(N)=O)s2)c1)N1CCCCC1. The number of hydrogen-bond acceptors (Lipinski definition) is 5. The second kappa shape index (κ2) is 8.88. The second-order valence-electron chi connectivity index (χ2n) is 6.49. The predicted molar refractivity (Wildman–Crippen MR) is 106 cm³/mol. The molecule has 0 saturated carbocycles. The van der Waals surface area contributed by atoms with Gasteiger partial charge in [-0.2, -0.15) is 0 Å². The number of primary amides is 2.